The van der Waals surface area contributed by atoms with Crippen molar-refractivity contribution in [1.29, 1.82) is 0 Å². The van der Waals surface area contributed by atoms with E-state index in [0.29, 0.717) is 35.9 Å². The molecular weight excluding hydrogens is 498 g/mol. The van der Waals surface area contributed by atoms with Crippen LogP contribution < -0.4 is 0 Å². The van der Waals surface area contributed by atoms with E-state index in [1.165, 1.54) is 0 Å². The molecule has 2 aromatic rings. The number of hydrogen-bond donors (Lipinski definition) is 3. The summed E-state index contributed by atoms with van der Waals surface area (Å²) in [5.41, 5.74) is 1.65. The van der Waals surface area contributed by atoms with Crippen LogP contribution in [0, 0.1) is 17.3 Å². The van der Waals surface area contributed by atoms with Crippen LogP contribution in [-0.4, -0.2) is 44.3 Å². The van der Waals surface area contributed by atoms with Crippen LogP contribution in [-0.2, 0) is 20.9 Å². The van der Waals surface area contributed by atoms with Gasteiger partial charge in [-0.25, -0.2) is 4.98 Å². The summed E-state index contributed by atoms with van der Waals surface area (Å²) in [5, 5.41) is 31.6. The highest BCUT2D eigenvalue weighted by molar-refractivity contribution is 5.88. The third kappa shape index (κ3) is 7.65. The van der Waals surface area contributed by atoms with Crippen LogP contribution >= 0.6 is 0 Å². The first kappa shape index (κ1) is 30.7. The van der Waals surface area contributed by atoms with Gasteiger partial charge in [-0.1, -0.05) is 44.6 Å². The smallest absolute Gasteiger partial charge is 0.309 e. The molecule has 1 aliphatic heterocycles. The fourth-order valence-corrected chi connectivity index (χ4v) is 5.21. The molecule has 1 aliphatic rings. The zero-order valence-corrected chi connectivity index (χ0v) is 23.6. The minimum absolute atomic E-state index is 0.104. The Balaban J connectivity index is 1.93. The molecule has 0 unspecified atom stereocenters. The monoisotopic (exact) mass is 541 g/mol. The molecule has 214 valence electrons. The lowest BCUT2D eigenvalue weighted by atomic mass is 9.71. The number of aliphatic hydroxyl groups is 3. The minimum Gasteiger partial charge on any atom is -0.457 e. The number of benzene rings is 1. The van der Waals surface area contributed by atoms with Crippen LogP contribution in [0.1, 0.15) is 90.2 Å². The van der Waals surface area contributed by atoms with Gasteiger partial charge in [0.2, 0.25) is 5.89 Å². The second kappa shape index (κ2) is 13.5. The van der Waals surface area contributed by atoms with Gasteiger partial charge in [0, 0.05) is 12.3 Å². The summed E-state index contributed by atoms with van der Waals surface area (Å²) >= 11 is 0. The number of aliphatic hydroxyl groups excluding tert-OH is 3. The van der Waals surface area contributed by atoms with E-state index >= 15 is 0 Å². The molecule has 2 heterocycles. The fourth-order valence-electron chi connectivity index (χ4n) is 5.21. The van der Waals surface area contributed by atoms with Crippen molar-refractivity contribution >= 4 is 22.9 Å². The molecule has 0 amide bonds. The zero-order chi connectivity index (χ0) is 28.7. The molecule has 0 aliphatic carbocycles. The number of Topliss-reactive ketones (excluding diaryl/α,β-unsaturated/α-hetero) is 1. The van der Waals surface area contributed by atoms with E-state index in [1.807, 2.05) is 19.9 Å². The first-order chi connectivity index (χ1) is 18.5. The summed E-state index contributed by atoms with van der Waals surface area (Å²) in [4.78, 5) is 31.0. The summed E-state index contributed by atoms with van der Waals surface area (Å²) in [5.74, 6) is -1.46. The number of rotatable bonds is 5. The fraction of sp³-hybridized carbons (Fsp3) is 0.581. The predicted octanol–water partition coefficient (Wildman–Crippen LogP) is 5.35. The van der Waals surface area contributed by atoms with Crippen molar-refractivity contribution in [1.82, 2.24) is 4.98 Å². The van der Waals surface area contributed by atoms with Crippen molar-refractivity contribution in [3.8, 4) is 0 Å². The second-order valence-corrected chi connectivity index (χ2v) is 11.4. The molecule has 0 spiro atoms. The Morgan fingerprint density at radius 2 is 1.97 bits per heavy atom. The molecule has 39 heavy (non-hydrogen) atoms. The van der Waals surface area contributed by atoms with Crippen molar-refractivity contribution in [3.63, 3.8) is 0 Å². The van der Waals surface area contributed by atoms with Crippen LogP contribution in [0.5, 0.6) is 0 Å². The van der Waals surface area contributed by atoms with Crippen LogP contribution in [0.25, 0.3) is 11.1 Å². The molecule has 5 atom stereocenters. The van der Waals surface area contributed by atoms with Crippen molar-refractivity contribution in [3.05, 3.63) is 54.0 Å². The molecule has 8 nitrogen and oxygen atoms in total. The highest BCUT2D eigenvalue weighted by Gasteiger charge is 2.43. The molecule has 0 saturated carbocycles. The molecule has 0 radical (unpaired) electrons. The SMILES string of the molecule is C=CCC[C@H]1C(=O)C(C)(C)[C@@H](O)CC(=O)O[C@H](c2ccc3oc(CO)nc3c2)C/C=C(/C)CCC[C@H](C)[C@@H]1O. The Bertz CT molecular complexity index is 1180. The Labute approximate surface area is 230 Å². The average Bonchev–Trinajstić information content (AvgIpc) is 3.32. The number of allylic oxidation sites excluding steroid dienone is 2. The molecule has 0 saturated heterocycles. The van der Waals surface area contributed by atoms with Crippen molar-refractivity contribution in [2.24, 2.45) is 17.3 Å². The van der Waals surface area contributed by atoms with Crippen molar-refractivity contribution in [2.45, 2.75) is 97.6 Å². The molecule has 3 N–H and O–H groups in total. The van der Waals surface area contributed by atoms with Gasteiger partial charge in [0.25, 0.3) is 0 Å². The lowest BCUT2D eigenvalue weighted by Gasteiger charge is -2.36. The second-order valence-electron chi connectivity index (χ2n) is 11.4. The number of ketones is 1. The van der Waals surface area contributed by atoms with E-state index in [2.05, 4.69) is 11.6 Å². The first-order valence-corrected chi connectivity index (χ1v) is 13.8. The number of aromatic nitrogens is 1. The number of hydrogen-bond acceptors (Lipinski definition) is 8. The topological polar surface area (TPSA) is 130 Å². The standard InChI is InChI=1S/C31H43NO7/c1-6-7-11-22-29(36)20(3)10-8-9-19(2)12-14-24(39-28(35)17-26(34)31(4,5)30(22)37)21-13-15-25-23(16-21)32-27(18-33)38-25/h6,12-13,15-16,20,22,24,26,29,33-34,36H,1,7-11,14,17-18H2,2-5H3/b19-12-/t20-,22+,24-,26-,29-/m0/s1. The number of fused-ring (bicyclic) bond motifs is 1. The summed E-state index contributed by atoms with van der Waals surface area (Å²) in [6.07, 6.45) is 4.46. The maximum absolute atomic E-state index is 13.7. The molecule has 8 heteroatoms. The quantitative estimate of drug-likeness (QED) is 0.341. The highest BCUT2D eigenvalue weighted by Crippen LogP contribution is 2.35. The minimum atomic E-state index is -1.29. The third-order valence-corrected chi connectivity index (χ3v) is 7.99. The number of nitrogens with zero attached hydrogens (tertiary/aromatic N) is 1. The van der Waals surface area contributed by atoms with E-state index in [1.54, 1.807) is 38.1 Å². The van der Waals surface area contributed by atoms with Crippen LogP contribution in [0.3, 0.4) is 0 Å². The number of carbonyl (C=O) groups excluding carboxylic acids is 2. The van der Waals surface area contributed by atoms with E-state index in [9.17, 15) is 24.9 Å². The summed E-state index contributed by atoms with van der Waals surface area (Å²) in [6.45, 7) is 10.7. The van der Waals surface area contributed by atoms with Gasteiger partial charge in [-0.15, -0.1) is 6.58 Å². The third-order valence-electron chi connectivity index (χ3n) is 7.99. The summed E-state index contributed by atoms with van der Waals surface area (Å²) in [7, 11) is 0. The van der Waals surface area contributed by atoms with E-state index in [-0.39, 0.29) is 30.6 Å². The maximum atomic E-state index is 13.7. The number of esters is 1. The van der Waals surface area contributed by atoms with Gasteiger partial charge in [0.1, 0.15) is 24.0 Å². The van der Waals surface area contributed by atoms with Gasteiger partial charge in [0.05, 0.1) is 24.0 Å². The first-order valence-electron chi connectivity index (χ1n) is 13.8. The van der Waals surface area contributed by atoms with E-state index in [0.717, 1.165) is 24.8 Å². The Kier molecular flexibility index (Phi) is 10.6. The van der Waals surface area contributed by atoms with Crippen LogP contribution in [0.4, 0.5) is 0 Å². The number of cyclic esters (lactones) is 1. The normalized spacial score (nSPS) is 29.0. The maximum Gasteiger partial charge on any atom is 0.309 e. The number of oxazole rings is 1. The van der Waals surface area contributed by atoms with Gasteiger partial charge in [0.15, 0.2) is 5.58 Å². The van der Waals surface area contributed by atoms with Gasteiger partial charge in [-0.3, -0.25) is 9.59 Å². The van der Waals surface area contributed by atoms with Crippen LogP contribution in [0.15, 0.2) is 46.9 Å². The van der Waals surface area contributed by atoms with Crippen molar-refractivity contribution < 1.29 is 34.1 Å². The molecule has 0 bridgehead atoms. The summed E-state index contributed by atoms with van der Waals surface area (Å²) in [6, 6.07) is 5.30. The predicted molar refractivity (Wildman–Crippen MR) is 148 cm³/mol. The number of ether oxygens (including phenoxy) is 1. The molecular formula is C31H43NO7. The largest absolute Gasteiger partial charge is 0.457 e. The van der Waals surface area contributed by atoms with Crippen molar-refractivity contribution in [2.75, 3.05) is 0 Å². The highest BCUT2D eigenvalue weighted by atomic mass is 16.5. The Morgan fingerprint density at radius 3 is 2.67 bits per heavy atom. The van der Waals surface area contributed by atoms with E-state index in [4.69, 9.17) is 9.15 Å². The Morgan fingerprint density at radius 1 is 1.23 bits per heavy atom. The summed E-state index contributed by atoms with van der Waals surface area (Å²) < 4.78 is 11.4. The van der Waals surface area contributed by atoms with Gasteiger partial charge in [-0.05, 0) is 62.6 Å². The molecule has 1 aromatic carbocycles. The van der Waals surface area contributed by atoms with E-state index < -0.39 is 35.6 Å². The lowest BCUT2D eigenvalue weighted by molar-refractivity contribution is -0.156. The molecule has 3 rings (SSSR count). The molecule has 1 aromatic heterocycles. The van der Waals surface area contributed by atoms with Gasteiger partial charge < -0.3 is 24.5 Å². The van der Waals surface area contributed by atoms with Gasteiger partial charge in [-0.2, -0.15) is 0 Å². The Hall–Kier alpha value is -2.81. The van der Waals surface area contributed by atoms with Crippen LogP contribution in [0.2, 0.25) is 0 Å². The average molecular weight is 542 g/mol. The zero-order valence-electron chi connectivity index (χ0n) is 23.6. The van der Waals surface area contributed by atoms with Gasteiger partial charge >= 0.3 is 5.97 Å². The number of carbonyl (C=O) groups is 2. The lowest BCUT2D eigenvalue weighted by Crippen LogP contribution is -2.46. The molecule has 0 fully saturated rings.